The monoisotopic (exact) mass is 397 g/mol. The van der Waals surface area contributed by atoms with Gasteiger partial charge in [0, 0.05) is 6.54 Å². The van der Waals surface area contributed by atoms with Crippen molar-refractivity contribution in [3.05, 3.63) is 12.2 Å². The van der Waals surface area contributed by atoms with Gasteiger partial charge in [0.25, 0.3) is 0 Å². The van der Waals surface area contributed by atoms with E-state index in [2.05, 4.69) is 16.0 Å². The molecule has 2 amide bonds. The quantitative estimate of drug-likeness (QED) is 0.465. The van der Waals surface area contributed by atoms with Crippen molar-refractivity contribution in [1.29, 1.82) is 0 Å². The molecule has 4 N–H and O–H groups in total. The molecule has 2 aliphatic rings. The van der Waals surface area contributed by atoms with Gasteiger partial charge in [-0.15, -0.1) is 0 Å². The summed E-state index contributed by atoms with van der Waals surface area (Å²) < 4.78 is 11.8. The summed E-state index contributed by atoms with van der Waals surface area (Å²) in [6.45, 7) is 8.27. The fourth-order valence-electron chi connectivity index (χ4n) is 3.55. The number of rotatable bonds is 7. The van der Waals surface area contributed by atoms with Crippen LogP contribution in [0.4, 0.5) is 0 Å². The third-order valence-corrected chi connectivity index (χ3v) is 4.97. The van der Waals surface area contributed by atoms with E-state index in [1.165, 1.54) is 0 Å². The summed E-state index contributed by atoms with van der Waals surface area (Å²) in [4.78, 5) is 24.9. The van der Waals surface area contributed by atoms with Crippen LogP contribution in [0.5, 0.6) is 0 Å². The van der Waals surface area contributed by atoms with Gasteiger partial charge in [0.2, 0.25) is 11.8 Å². The fourth-order valence-corrected chi connectivity index (χ4v) is 3.55. The minimum Gasteiger partial charge on any atom is -0.388 e. The van der Waals surface area contributed by atoms with Gasteiger partial charge in [0.1, 0.15) is 30.4 Å². The molecule has 2 rings (SSSR count). The van der Waals surface area contributed by atoms with E-state index in [-0.39, 0.29) is 5.91 Å². The van der Waals surface area contributed by atoms with E-state index < -0.39 is 42.1 Å². The summed E-state index contributed by atoms with van der Waals surface area (Å²) in [5.74, 6) is -1.16. The number of aliphatic hydroxyl groups is 1. The van der Waals surface area contributed by atoms with Gasteiger partial charge in [-0.1, -0.05) is 26.0 Å². The second kappa shape index (κ2) is 9.82. The molecule has 0 unspecified atom stereocenters. The lowest BCUT2D eigenvalue weighted by molar-refractivity contribution is -0.158. The van der Waals surface area contributed by atoms with Crippen LogP contribution in [-0.2, 0) is 19.1 Å². The minimum absolute atomic E-state index is 0.186. The normalized spacial score (nSPS) is 30.1. The first-order valence-electron chi connectivity index (χ1n) is 10.1. The second-order valence-corrected chi connectivity index (χ2v) is 8.30. The van der Waals surface area contributed by atoms with Crippen LogP contribution in [-0.4, -0.2) is 66.7 Å². The number of aliphatic hydroxyl groups excluding tert-OH is 1. The van der Waals surface area contributed by atoms with Crippen LogP contribution < -0.4 is 16.0 Å². The molecular formula is C20H35N3O5. The highest BCUT2D eigenvalue weighted by Gasteiger charge is 2.47. The van der Waals surface area contributed by atoms with Gasteiger partial charge in [0.15, 0.2) is 5.79 Å². The topological polar surface area (TPSA) is 109 Å². The summed E-state index contributed by atoms with van der Waals surface area (Å²) in [6, 6.07) is -1.53. The molecule has 160 valence electrons. The van der Waals surface area contributed by atoms with Crippen LogP contribution in [0.2, 0.25) is 0 Å². The smallest absolute Gasteiger partial charge is 0.242 e. The van der Waals surface area contributed by atoms with Crippen molar-refractivity contribution >= 4 is 11.8 Å². The van der Waals surface area contributed by atoms with E-state index in [1.807, 2.05) is 26.0 Å². The number of likely N-dealkylation sites (N-methyl/N-ethyl adjacent to an activating group) is 1. The first kappa shape index (κ1) is 22.8. The highest BCUT2D eigenvalue weighted by Crippen LogP contribution is 2.32. The van der Waals surface area contributed by atoms with E-state index in [0.29, 0.717) is 18.9 Å². The number of hydrogen-bond donors (Lipinski definition) is 4. The standard InChI is InChI=1S/C20H35N3O5/c1-12(2)9-10-14-17(28-20(3,4)27-14)16(24)15(21-5)19(26)23-13-8-6-7-11-22-18(13)25/h9-10,12-17,21,24H,6-8,11H2,1-5H3,(H,22,25)(H,23,26)/b10-9+/t13-,14+,15-,16+,17-/m0/s1. The molecule has 2 fully saturated rings. The summed E-state index contributed by atoms with van der Waals surface area (Å²) in [7, 11) is 1.60. The summed E-state index contributed by atoms with van der Waals surface area (Å²) >= 11 is 0. The lowest BCUT2D eigenvalue weighted by atomic mass is 9.98. The zero-order valence-electron chi connectivity index (χ0n) is 17.5. The maximum absolute atomic E-state index is 12.8. The molecule has 8 nitrogen and oxygen atoms in total. The first-order chi connectivity index (χ1) is 13.1. The number of allylic oxidation sites excluding steroid dienone is 1. The number of hydrogen-bond acceptors (Lipinski definition) is 6. The molecule has 0 aromatic rings. The highest BCUT2D eigenvalue weighted by molar-refractivity contribution is 5.90. The molecule has 0 aromatic heterocycles. The number of amides is 2. The number of carbonyl (C=O) groups excluding carboxylic acids is 2. The third-order valence-electron chi connectivity index (χ3n) is 4.97. The van der Waals surface area contributed by atoms with Crippen LogP contribution in [0.3, 0.4) is 0 Å². The highest BCUT2D eigenvalue weighted by atomic mass is 16.8. The van der Waals surface area contributed by atoms with Crippen molar-refractivity contribution in [1.82, 2.24) is 16.0 Å². The van der Waals surface area contributed by atoms with Crippen molar-refractivity contribution in [2.45, 2.75) is 83.1 Å². The third kappa shape index (κ3) is 6.01. The Morgan fingerprint density at radius 1 is 1.32 bits per heavy atom. The Kier molecular flexibility index (Phi) is 8.00. The van der Waals surface area contributed by atoms with Crippen molar-refractivity contribution in [2.24, 2.45) is 5.92 Å². The van der Waals surface area contributed by atoms with E-state index in [4.69, 9.17) is 9.47 Å². The second-order valence-electron chi connectivity index (χ2n) is 8.30. The van der Waals surface area contributed by atoms with Crippen molar-refractivity contribution in [3.63, 3.8) is 0 Å². The molecule has 2 saturated heterocycles. The van der Waals surface area contributed by atoms with Gasteiger partial charge >= 0.3 is 0 Å². The molecule has 0 saturated carbocycles. The van der Waals surface area contributed by atoms with Gasteiger partial charge in [-0.3, -0.25) is 9.59 Å². The first-order valence-corrected chi connectivity index (χ1v) is 10.1. The van der Waals surface area contributed by atoms with Crippen LogP contribution in [0.1, 0.15) is 47.0 Å². The van der Waals surface area contributed by atoms with Gasteiger partial charge < -0.3 is 30.5 Å². The molecule has 28 heavy (non-hydrogen) atoms. The van der Waals surface area contributed by atoms with E-state index in [0.717, 1.165) is 12.8 Å². The maximum Gasteiger partial charge on any atom is 0.242 e. The zero-order valence-corrected chi connectivity index (χ0v) is 17.5. The van der Waals surface area contributed by atoms with Crippen LogP contribution in [0.25, 0.3) is 0 Å². The van der Waals surface area contributed by atoms with E-state index >= 15 is 0 Å². The van der Waals surface area contributed by atoms with Gasteiger partial charge in [0.05, 0.1) is 0 Å². The zero-order chi connectivity index (χ0) is 20.9. The average Bonchev–Trinajstić information content (AvgIpc) is 2.79. The minimum atomic E-state index is -1.15. The van der Waals surface area contributed by atoms with Gasteiger partial charge in [-0.2, -0.15) is 0 Å². The number of nitrogens with one attached hydrogen (secondary N) is 3. The molecule has 0 radical (unpaired) electrons. The predicted octanol–water partition coefficient (Wildman–Crippen LogP) is 0.453. The fraction of sp³-hybridized carbons (Fsp3) is 0.800. The molecule has 2 aliphatic heterocycles. The number of ether oxygens (including phenoxy) is 2. The summed E-state index contributed by atoms with van der Waals surface area (Å²) in [6.07, 6.45) is 3.85. The Morgan fingerprint density at radius 3 is 2.68 bits per heavy atom. The largest absolute Gasteiger partial charge is 0.388 e. The molecule has 0 bridgehead atoms. The molecule has 8 heteroatoms. The summed E-state index contributed by atoms with van der Waals surface area (Å²) in [5, 5.41) is 19.4. The van der Waals surface area contributed by atoms with Crippen molar-refractivity contribution in [3.8, 4) is 0 Å². The van der Waals surface area contributed by atoms with Crippen LogP contribution in [0, 0.1) is 5.92 Å². The van der Waals surface area contributed by atoms with Crippen molar-refractivity contribution in [2.75, 3.05) is 13.6 Å². The number of carbonyl (C=O) groups is 2. The predicted molar refractivity (Wildman–Crippen MR) is 105 cm³/mol. The Hall–Kier alpha value is -1.48. The molecule has 0 aromatic carbocycles. The van der Waals surface area contributed by atoms with Gasteiger partial charge in [-0.25, -0.2) is 0 Å². The Balaban J connectivity index is 2.10. The molecule has 5 atom stereocenters. The molecule has 2 heterocycles. The van der Waals surface area contributed by atoms with Crippen LogP contribution >= 0.6 is 0 Å². The lowest BCUT2D eigenvalue weighted by Gasteiger charge is -2.29. The summed E-state index contributed by atoms with van der Waals surface area (Å²) in [5.41, 5.74) is 0. The molecule has 0 aliphatic carbocycles. The average molecular weight is 398 g/mol. The maximum atomic E-state index is 12.8. The molecule has 0 spiro atoms. The van der Waals surface area contributed by atoms with Crippen molar-refractivity contribution < 1.29 is 24.2 Å². The SMILES string of the molecule is CN[C@H](C(=O)N[C@H]1CCCCNC1=O)[C@@H](O)[C@H]1OC(C)(C)O[C@@H]1/C=C/C(C)C. The van der Waals surface area contributed by atoms with E-state index in [9.17, 15) is 14.7 Å². The Morgan fingerprint density at radius 2 is 2.04 bits per heavy atom. The lowest BCUT2D eigenvalue weighted by Crippen LogP contribution is -2.58. The Bertz CT molecular complexity index is 578. The molecular weight excluding hydrogens is 362 g/mol. The van der Waals surface area contributed by atoms with Crippen LogP contribution in [0.15, 0.2) is 12.2 Å². The van der Waals surface area contributed by atoms with E-state index in [1.54, 1.807) is 20.9 Å². The van der Waals surface area contributed by atoms with Gasteiger partial charge in [-0.05, 0) is 46.1 Å². The Labute approximate surface area is 167 Å².